The van der Waals surface area contributed by atoms with Gasteiger partial charge in [-0.2, -0.15) is 5.10 Å². The van der Waals surface area contributed by atoms with E-state index in [4.69, 9.17) is 0 Å². The van der Waals surface area contributed by atoms with Gasteiger partial charge in [0.2, 0.25) is 0 Å². The monoisotopic (exact) mass is 371 g/mol. The Hall–Kier alpha value is -3.61. The van der Waals surface area contributed by atoms with Crippen molar-refractivity contribution in [1.29, 1.82) is 0 Å². The smallest absolute Gasteiger partial charge is 0.164 e. The third-order valence-electron chi connectivity index (χ3n) is 4.43. The summed E-state index contributed by atoms with van der Waals surface area (Å²) in [5, 5.41) is 7.66. The van der Waals surface area contributed by atoms with E-state index in [0.29, 0.717) is 17.6 Å². The van der Waals surface area contributed by atoms with E-state index in [1.165, 1.54) is 0 Å². The lowest BCUT2D eigenvalue weighted by molar-refractivity contribution is 0.774. The van der Waals surface area contributed by atoms with Crippen molar-refractivity contribution in [2.24, 2.45) is 7.05 Å². The third-order valence-corrected chi connectivity index (χ3v) is 4.43. The van der Waals surface area contributed by atoms with Gasteiger partial charge in [0.1, 0.15) is 11.6 Å². The molecule has 0 atom stereocenters. The predicted molar refractivity (Wildman–Crippen MR) is 109 cm³/mol. The van der Waals surface area contributed by atoms with Crippen LogP contribution in [0, 0.1) is 0 Å². The summed E-state index contributed by atoms with van der Waals surface area (Å²) in [5.41, 5.74) is 3.79. The molecule has 0 saturated carbocycles. The first-order valence-corrected chi connectivity index (χ1v) is 9.10. The van der Waals surface area contributed by atoms with Crippen LogP contribution < -0.4 is 5.32 Å². The molecular weight excluding hydrogens is 350 g/mol. The summed E-state index contributed by atoms with van der Waals surface area (Å²) in [7, 11) is 1.86. The molecule has 0 unspecified atom stereocenters. The second kappa shape index (κ2) is 7.56. The minimum absolute atomic E-state index is 0.300. The van der Waals surface area contributed by atoms with Crippen LogP contribution in [-0.4, -0.2) is 29.7 Å². The maximum absolute atomic E-state index is 4.62. The number of benzene rings is 1. The van der Waals surface area contributed by atoms with Crippen molar-refractivity contribution < 1.29 is 0 Å². The van der Waals surface area contributed by atoms with E-state index in [1.54, 1.807) is 23.3 Å². The van der Waals surface area contributed by atoms with Crippen LogP contribution in [0.2, 0.25) is 0 Å². The van der Waals surface area contributed by atoms with E-state index in [-0.39, 0.29) is 0 Å². The van der Waals surface area contributed by atoms with Crippen molar-refractivity contribution in [2.45, 2.75) is 19.8 Å². The van der Waals surface area contributed by atoms with Crippen molar-refractivity contribution in [3.8, 4) is 22.5 Å². The highest BCUT2D eigenvalue weighted by atomic mass is 15.3. The highest BCUT2D eigenvalue weighted by Crippen LogP contribution is 2.28. The van der Waals surface area contributed by atoms with Crippen LogP contribution in [0.5, 0.6) is 0 Å². The van der Waals surface area contributed by atoms with Gasteiger partial charge in [0.15, 0.2) is 5.82 Å². The Morgan fingerprint density at radius 2 is 1.64 bits per heavy atom. The first-order valence-electron chi connectivity index (χ1n) is 9.10. The number of rotatable bonds is 5. The molecule has 0 saturated heterocycles. The largest absolute Gasteiger partial charge is 0.323 e. The number of hydrogen-bond acceptors (Lipinski definition) is 6. The highest BCUT2D eigenvalue weighted by Gasteiger charge is 2.15. The zero-order valence-corrected chi connectivity index (χ0v) is 16.0. The molecule has 0 radical (unpaired) electrons. The molecule has 3 heterocycles. The maximum atomic E-state index is 4.62. The highest BCUT2D eigenvalue weighted by molar-refractivity contribution is 5.74. The lowest BCUT2D eigenvalue weighted by atomic mass is 10.1. The second-order valence-corrected chi connectivity index (χ2v) is 6.80. The van der Waals surface area contributed by atoms with Crippen LogP contribution in [0.3, 0.4) is 0 Å². The molecule has 0 amide bonds. The normalized spacial score (nSPS) is 11.0. The van der Waals surface area contributed by atoms with E-state index in [0.717, 1.165) is 28.2 Å². The van der Waals surface area contributed by atoms with Crippen LogP contribution >= 0.6 is 0 Å². The Labute approximate surface area is 163 Å². The number of nitrogens with zero attached hydrogens (tertiary/aromatic N) is 6. The van der Waals surface area contributed by atoms with Gasteiger partial charge in [0, 0.05) is 31.2 Å². The van der Waals surface area contributed by atoms with Gasteiger partial charge in [-0.1, -0.05) is 44.2 Å². The molecule has 1 N–H and O–H groups in total. The van der Waals surface area contributed by atoms with Gasteiger partial charge >= 0.3 is 0 Å². The molecule has 0 spiro atoms. The van der Waals surface area contributed by atoms with E-state index in [9.17, 15) is 0 Å². The van der Waals surface area contributed by atoms with Gasteiger partial charge in [-0.25, -0.2) is 15.0 Å². The fourth-order valence-electron chi connectivity index (χ4n) is 2.84. The molecule has 0 bridgehead atoms. The van der Waals surface area contributed by atoms with Gasteiger partial charge in [0.05, 0.1) is 23.7 Å². The van der Waals surface area contributed by atoms with Gasteiger partial charge in [-0.15, -0.1) is 0 Å². The molecular formula is C21H21N7. The van der Waals surface area contributed by atoms with E-state index < -0.39 is 0 Å². The molecule has 28 heavy (non-hydrogen) atoms. The number of aryl methyl sites for hydroxylation is 1. The summed E-state index contributed by atoms with van der Waals surface area (Å²) < 4.78 is 1.74. The molecule has 4 aromatic rings. The van der Waals surface area contributed by atoms with Gasteiger partial charge < -0.3 is 5.32 Å². The summed E-state index contributed by atoms with van der Waals surface area (Å²) in [6, 6.07) is 10.1. The Morgan fingerprint density at radius 1 is 0.893 bits per heavy atom. The molecule has 0 fully saturated rings. The fraction of sp³-hybridized carbons (Fsp3) is 0.190. The molecule has 7 heteroatoms. The van der Waals surface area contributed by atoms with Crippen LogP contribution in [0.4, 0.5) is 11.6 Å². The molecule has 7 nitrogen and oxygen atoms in total. The Morgan fingerprint density at radius 3 is 2.36 bits per heavy atom. The molecule has 4 rings (SSSR count). The fourth-order valence-corrected chi connectivity index (χ4v) is 2.84. The lowest BCUT2D eigenvalue weighted by Crippen LogP contribution is -2.05. The quantitative estimate of drug-likeness (QED) is 0.566. The Kier molecular flexibility index (Phi) is 4.80. The average Bonchev–Trinajstić information content (AvgIpc) is 3.09. The average molecular weight is 371 g/mol. The molecule has 0 aliphatic heterocycles. The molecule has 1 aromatic carbocycles. The first kappa shape index (κ1) is 17.8. The molecule has 140 valence electrons. The molecule has 0 aliphatic rings. The standard InChI is InChI=1S/C21H21N7/c1-14(2)18-12-22-13-19(26-18)27-21-17(11-25-28(21)3)20-23-9-16(10-24-20)15-7-5-4-6-8-15/h4-14H,1-3H3,(H,26,27). The maximum Gasteiger partial charge on any atom is 0.164 e. The number of aromatic nitrogens is 6. The van der Waals surface area contributed by atoms with Crippen molar-refractivity contribution in [3.63, 3.8) is 0 Å². The summed E-state index contributed by atoms with van der Waals surface area (Å²) in [6.45, 7) is 4.18. The van der Waals surface area contributed by atoms with Crippen LogP contribution in [-0.2, 0) is 7.05 Å². The lowest BCUT2D eigenvalue weighted by Gasteiger charge is -2.10. The summed E-state index contributed by atoms with van der Waals surface area (Å²) in [4.78, 5) is 18.0. The molecule has 3 aromatic heterocycles. The van der Waals surface area contributed by atoms with Crippen LogP contribution in [0.25, 0.3) is 22.5 Å². The SMILES string of the molecule is CC(C)c1cncc(Nc2c(-c3ncc(-c4ccccc4)cn3)cnn2C)n1. The van der Waals surface area contributed by atoms with E-state index in [1.807, 2.05) is 49.8 Å². The Balaban J connectivity index is 1.64. The molecule has 0 aliphatic carbocycles. The van der Waals surface area contributed by atoms with Crippen molar-refractivity contribution in [3.05, 3.63) is 67.0 Å². The topological polar surface area (TPSA) is 81.4 Å². The zero-order valence-electron chi connectivity index (χ0n) is 16.0. The van der Waals surface area contributed by atoms with Crippen molar-refractivity contribution in [2.75, 3.05) is 5.32 Å². The van der Waals surface area contributed by atoms with Crippen molar-refractivity contribution >= 4 is 11.6 Å². The van der Waals surface area contributed by atoms with Crippen molar-refractivity contribution in [1.82, 2.24) is 29.7 Å². The summed E-state index contributed by atoms with van der Waals surface area (Å²) in [6.07, 6.45) is 8.88. The second-order valence-electron chi connectivity index (χ2n) is 6.80. The van der Waals surface area contributed by atoms with Crippen LogP contribution in [0.1, 0.15) is 25.5 Å². The van der Waals surface area contributed by atoms with E-state index >= 15 is 0 Å². The minimum Gasteiger partial charge on any atom is -0.323 e. The predicted octanol–water partition coefficient (Wildman–Crippen LogP) is 4.20. The first-order chi connectivity index (χ1) is 13.6. The van der Waals surface area contributed by atoms with Gasteiger partial charge in [-0.3, -0.25) is 9.67 Å². The summed E-state index contributed by atoms with van der Waals surface area (Å²) in [5.74, 6) is 2.33. The third kappa shape index (κ3) is 3.59. The minimum atomic E-state index is 0.300. The van der Waals surface area contributed by atoms with E-state index in [2.05, 4.69) is 44.2 Å². The zero-order chi connectivity index (χ0) is 19.5. The number of nitrogens with one attached hydrogen (secondary N) is 1. The number of hydrogen-bond donors (Lipinski definition) is 1. The van der Waals surface area contributed by atoms with Gasteiger partial charge in [-0.05, 0) is 11.5 Å². The van der Waals surface area contributed by atoms with Crippen LogP contribution in [0.15, 0.2) is 61.3 Å². The van der Waals surface area contributed by atoms with Gasteiger partial charge in [0.25, 0.3) is 0 Å². The number of anilines is 2. The Bertz CT molecular complexity index is 1070. The summed E-state index contributed by atoms with van der Waals surface area (Å²) >= 11 is 0.